The minimum absolute atomic E-state index is 0.677. The van der Waals surface area contributed by atoms with Gasteiger partial charge in [0.25, 0.3) is 0 Å². The Morgan fingerprint density at radius 3 is 2.40 bits per heavy atom. The average molecular weight is 212 g/mol. The van der Waals surface area contributed by atoms with Crippen LogP contribution in [0.4, 0.5) is 0 Å². The summed E-state index contributed by atoms with van der Waals surface area (Å²) in [5.41, 5.74) is 0. The number of likely N-dealkylation sites (tertiary alicyclic amines) is 1. The van der Waals surface area contributed by atoms with E-state index in [0.29, 0.717) is 12.1 Å². The predicted molar refractivity (Wildman–Crippen MR) is 67.2 cm³/mol. The van der Waals surface area contributed by atoms with Crippen molar-refractivity contribution in [3.63, 3.8) is 0 Å². The number of hydrogen-bond donors (Lipinski definition) is 1. The third-order valence-electron chi connectivity index (χ3n) is 3.58. The summed E-state index contributed by atoms with van der Waals surface area (Å²) in [5.74, 6) is 0.833. The molecule has 2 heteroatoms. The van der Waals surface area contributed by atoms with E-state index in [0.717, 1.165) is 12.0 Å². The third kappa shape index (κ3) is 4.52. The fourth-order valence-electron chi connectivity index (χ4n) is 2.38. The molecule has 0 radical (unpaired) electrons. The number of rotatable bonds is 5. The van der Waals surface area contributed by atoms with Crippen LogP contribution < -0.4 is 5.32 Å². The summed E-state index contributed by atoms with van der Waals surface area (Å²) in [7, 11) is 2.23. The highest BCUT2D eigenvalue weighted by molar-refractivity contribution is 4.86. The summed E-state index contributed by atoms with van der Waals surface area (Å²) in [6.45, 7) is 10.5. The van der Waals surface area contributed by atoms with Crippen molar-refractivity contribution in [2.75, 3.05) is 13.6 Å². The van der Waals surface area contributed by atoms with Gasteiger partial charge in [0.1, 0.15) is 0 Å². The van der Waals surface area contributed by atoms with Crippen molar-refractivity contribution in [3.05, 3.63) is 0 Å². The van der Waals surface area contributed by atoms with Gasteiger partial charge >= 0.3 is 0 Å². The van der Waals surface area contributed by atoms with Crippen molar-refractivity contribution in [3.8, 4) is 0 Å². The summed E-state index contributed by atoms with van der Waals surface area (Å²) in [4.78, 5) is 2.45. The Morgan fingerprint density at radius 2 is 1.93 bits per heavy atom. The first-order chi connectivity index (χ1) is 6.99. The topological polar surface area (TPSA) is 15.3 Å². The first kappa shape index (κ1) is 13.0. The van der Waals surface area contributed by atoms with E-state index in [1.54, 1.807) is 0 Å². The van der Waals surface area contributed by atoms with Crippen LogP contribution in [0.2, 0.25) is 0 Å². The third-order valence-corrected chi connectivity index (χ3v) is 3.58. The highest BCUT2D eigenvalue weighted by atomic mass is 15.2. The van der Waals surface area contributed by atoms with Crippen LogP contribution in [0.15, 0.2) is 0 Å². The van der Waals surface area contributed by atoms with Crippen LogP contribution >= 0.6 is 0 Å². The highest BCUT2D eigenvalue weighted by Crippen LogP contribution is 2.16. The minimum atomic E-state index is 0.677. The Bertz CT molecular complexity index is 169. The number of nitrogens with zero attached hydrogens (tertiary/aromatic N) is 1. The molecule has 3 unspecified atom stereocenters. The van der Waals surface area contributed by atoms with Crippen LogP contribution in [0, 0.1) is 5.92 Å². The molecule has 0 spiro atoms. The maximum absolute atomic E-state index is 3.75. The molecule has 0 aromatic heterocycles. The largest absolute Gasteiger partial charge is 0.310 e. The molecule has 0 amide bonds. The van der Waals surface area contributed by atoms with Crippen LogP contribution in [-0.4, -0.2) is 36.6 Å². The molecule has 0 aliphatic carbocycles. The zero-order valence-electron chi connectivity index (χ0n) is 11.1. The lowest BCUT2D eigenvalue weighted by atomic mass is 10.0. The molecule has 0 saturated carbocycles. The quantitative estimate of drug-likeness (QED) is 0.753. The maximum Gasteiger partial charge on any atom is 0.0212 e. The van der Waals surface area contributed by atoms with Crippen LogP contribution in [-0.2, 0) is 0 Å². The van der Waals surface area contributed by atoms with Gasteiger partial charge < -0.3 is 10.2 Å². The second kappa shape index (κ2) is 5.86. The highest BCUT2D eigenvalue weighted by Gasteiger charge is 2.26. The molecule has 1 aliphatic heterocycles. The molecular weight excluding hydrogens is 184 g/mol. The Balaban J connectivity index is 2.18. The van der Waals surface area contributed by atoms with E-state index < -0.39 is 0 Å². The van der Waals surface area contributed by atoms with Gasteiger partial charge in [-0.25, -0.2) is 0 Å². The summed E-state index contributed by atoms with van der Waals surface area (Å²) < 4.78 is 0. The van der Waals surface area contributed by atoms with E-state index in [4.69, 9.17) is 0 Å². The summed E-state index contributed by atoms with van der Waals surface area (Å²) in [6, 6.07) is 2.14. The smallest absolute Gasteiger partial charge is 0.0212 e. The zero-order valence-corrected chi connectivity index (χ0v) is 11.1. The van der Waals surface area contributed by atoms with Crippen LogP contribution in [0.1, 0.15) is 47.0 Å². The Kier molecular flexibility index (Phi) is 5.07. The molecule has 1 saturated heterocycles. The predicted octanol–water partition coefficient (Wildman–Crippen LogP) is 2.49. The molecule has 2 nitrogen and oxygen atoms in total. The van der Waals surface area contributed by atoms with Crippen LogP contribution in [0.3, 0.4) is 0 Å². The van der Waals surface area contributed by atoms with E-state index >= 15 is 0 Å². The average Bonchev–Trinajstić information content (AvgIpc) is 2.42. The number of hydrogen-bond acceptors (Lipinski definition) is 2. The van der Waals surface area contributed by atoms with Gasteiger partial charge in [-0.3, -0.25) is 0 Å². The van der Waals surface area contributed by atoms with Crippen molar-refractivity contribution in [2.24, 2.45) is 5.92 Å². The zero-order chi connectivity index (χ0) is 11.4. The molecule has 0 bridgehead atoms. The molecule has 1 fully saturated rings. The van der Waals surface area contributed by atoms with Crippen LogP contribution in [0.25, 0.3) is 0 Å². The molecule has 1 N–H and O–H groups in total. The Morgan fingerprint density at radius 1 is 1.27 bits per heavy atom. The molecule has 1 heterocycles. The van der Waals surface area contributed by atoms with E-state index in [1.807, 2.05) is 0 Å². The van der Waals surface area contributed by atoms with Gasteiger partial charge in [-0.15, -0.1) is 0 Å². The summed E-state index contributed by atoms with van der Waals surface area (Å²) in [6.07, 6.45) is 3.96. The van der Waals surface area contributed by atoms with E-state index in [-0.39, 0.29) is 0 Å². The van der Waals surface area contributed by atoms with Gasteiger partial charge in [-0.2, -0.15) is 0 Å². The van der Waals surface area contributed by atoms with Gasteiger partial charge in [-0.1, -0.05) is 13.8 Å². The Labute approximate surface area is 95.4 Å². The summed E-state index contributed by atoms with van der Waals surface area (Å²) >= 11 is 0. The van der Waals surface area contributed by atoms with E-state index in [2.05, 4.69) is 45.0 Å². The molecule has 1 aliphatic rings. The van der Waals surface area contributed by atoms with Crippen molar-refractivity contribution < 1.29 is 0 Å². The molecule has 0 aromatic carbocycles. The van der Waals surface area contributed by atoms with Crippen molar-refractivity contribution in [2.45, 2.75) is 65.1 Å². The van der Waals surface area contributed by atoms with Gasteiger partial charge in [-0.05, 0) is 46.1 Å². The standard InChI is InChI=1S/C13H28N2/c1-10(2)6-7-11(3)14-13-8-12(4)15(5)9-13/h10-14H,6-9H2,1-5H3. The first-order valence-corrected chi connectivity index (χ1v) is 6.45. The van der Waals surface area contributed by atoms with Crippen molar-refractivity contribution in [1.29, 1.82) is 0 Å². The SMILES string of the molecule is CC(C)CCC(C)NC1CC(C)N(C)C1. The van der Waals surface area contributed by atoms with E-state index in [9.17, 15) is 0 Å². The van der Waals surface area contributed by atoms with Gasteiger partial charge in [0.15, 0.2) is 0 Å². The van der Waals surface area contributed by atoms with Crippen molar-refractivity contribution in [1.82, 2.24) is 10.2 Å². The normalized spacial score (nSPS) is 30.0. The van der Waals surface area contributed by atoms with Crippen LogP contribution in [0.5, 0.6) is 0 Å². The molecule has 15 heavy (non-hydrogen) atoms. The van der Waals surface area contributed by atoms with Crippen molar-refractivity contribution >= 4 is 0 Å². The van der Waals surface area contributed by atoms with E-state index in [1.165, 1.54) is 25.8 Å². The second-order valence-electron chi connectivity index (χ2n) is 5.76. The lowest BCUT2D eigenvalue weighted by molar-refractivity contribution is 0.323. The minimum Gasteiger partial charge on any atom is -0.310 e. The molecule has 1 rings (SSSR count). The van der Waals surface area contributed by atoms with Gasteiger partial charge in [0.05, 0.1) is 0 Å². The fourth-order valence-corrected chi connectivity index (χ4v) is 2.38. The molecule has 90 valence electrons. The maximum atomic E-state index is 3.75. The molecular formula is C13H28N2. The lowest BCUT2D eigenvalue weighted by Gasteiger charge is -2.20. The monoisotopic (exact) mass is 212 g/mol. The lowest BCUT2D eigenvalue weighted by Crippen LogP contribution is -2.38. The number of nitrogens with one attached hydrogen (secondary N) is 1. The van der Waals surface area contributed by atoms with Gasteiger partial charge in [0, 0.05) is 24.7 Å². The number of likely N-dealkylation sites (N-methyl/N-ethyl adjacent to an activating group) is 1. The molecule has 3 atom stereocenters. The summed E-state index contributed by atoms with van der Waals surface area (Å²) in [5, 5.41) is 3.75. The van der Waals surface area contributed by atoms with Gasteiger partial charge in [0.2, 0.25) is 0 Å². The molecule has 0 aromatic rings. The fraction of sp³-hybridized carbons (Fsp3) is 1.00. The first-order valence-electron chi connectivity index (χ1n) is 6.45. The Hall–Kier alpha value is -0.0800. The second-order valence-corrected chi connectivity index (χ2v) is 5.76.